The highest BCUT2D eigenvalue weighted by atomic mass is 31.2. The number of halogens is 1. The van der Waals surface area contributed by atoms with E-state index < -0.39 is 81.7 Å². The van der Waals surface area contributed by atoms with Crippen LogP contribution in [0.1, 0.15) is 239 Å². The van der Waals surface area contributed by atoms with Crippen LogP contribution >= 0.6 is 7.82 Å². The smallest absolute Gasteiger partial charge is 0.462 e. The van der Waals surface area contributed by atoms with Crippen molar-refractivity contribution in [1.29, 1.82) is 0 Å². The summed E-state index contributed by atoms with van der Waals surface area (Å²) in [6.45, 7) is 4.94. The molecule has 0 aromatic rings. The predicted molar refractivity (Wildman–Crippen MR) is 247 cm³/mol. The van der Waals surface area contributed by atoms with Crippen LogP contribution in [0, 0.1) is 0 Å². The number of carbonyl (C=O) groups excluding carboxylic acids is 4. The lowest BCUT2D eigenvalue weighted by Gasteiger charge is -2.33. The Bertz CT molecular complexity index is 1180. The Morgan fingerprint density at radius 2 is 0.984 bits per heavy atom. The molecule has 0 saturated carbocycles. The summed E-state index contributed by atoms with van der Waals surface area (Å²) in [5.74, 6) is -2.41. The first-order valence-corrected chi connectivity index (χ1v) is 26.6. The molecule has 372 valence electrons. The summed E-state index contributed by atoms with van der Waals surface area (Å²) in [5, 5.41) is 23.3. The number of nitrogens with one attached hydrogen (secondary N) is 1. The van der Waals surface area contributed by atoms with Crippen LogP contribution in [0.25, 0.3) is 0 Å². The zero-order chi connectivity index (χ0) is 47.0. The molecule has 0 bridgehead atoms. The minimum atomic E-state index is -5.48. The van der Waals surface area contributed by atoms with Gasteiger partial charge in [-0.15, -0.1) is 0 Å². The number of aliphatic hydroxyl groups excluding tert-OH is 2. The zero-order valence-corrected chi connectivity index (χ0v) is 40.6. The van der Waals surface area contributed by atoms with E-state index in [9.17, 15) is 48.1 Å². The average molecular weight is 924 g/mol. The first-order valence-electron chi connectivity index (χ1n) is 25.1. The first kappa shape index (κ1) is 61.0. The molecule has 0 fully saturated rings. The monoisotopic (exact) mass is 924 g/mol. The standard InChI is InChI=1S/C48H91FNO12P/c1-4-7-10-13-16-19-20-23-26-29-32-35-45(55)60-41(34-31-28-25-22-18-15-12-9-6-3)37-46(56)61-47(48(43(53)38-49)62-63(57,58)59)42(39-51)50-44(54)36-40(52)33-30-27-24-21-17-14-11-8-5-2/h39-43,47-48,52-53H,4-38H2,1-3H3,(H,50,54)(H2,57,58,59)/t40-,41+,42-,43+,47+,48+/m0/s1. The van der Waals surface area contributed by atoms with Gasteiger partial charge in [0.1, 0.15) is 37.3 Å². The SMILES string of the molecule is CCCCCCCCCCCCCC(=O)O[C@H](CCCCCCCCCCC)CC(=O)O[C@@H]([C@H](OP(=O)(O)O)[C@H](O)CF)[C@H](C=O)NC(=O)C[C@@H](O)CCCCCCCCCCC. The number of hydrogen-bond acceptors (Lipinski definition) is 10. The van der Waals surface area contributed by atoms with Crippen LogP contribution in [0.5, 0.6) is 0 Å². The van der Waals surface area contributed by atoms with Crippen LogP contribution in [-0.2, 0) is 37.7 Å². The van der Waals surface area contributed by atoms with Crippen LogP contribution in [-0.4, -0.2) is 87.4 Å². The van der Waals surface area contributed by atoms with Crippen LogP contribution < -0.4 is 5.32 Å². The number of rotatable bonds is 46. The third-order valence-corrected chi connectivity index (χ3v) is 12.1. The van der Waals surface area contributed by atoms with Crippen LogP contribution in [0.4, 0.5) is 4.39 Å². The Labute approximate surface area is 380 Å². The minimum Gasteiger partial charge on any atom is -0.462 e. The maximum absolute atomic E-state index is 13.9. The third-order valence-electron chi connectivity index (χ3n) is 11.6. The molecule has 0 spiro atoms. The van der Waals surface area contributed by atoms with E-state index in [1.165, 1.54) is 96.3 Å². The van der Waals surface area contributed by atoms with Gasteiger partial charge in [-0.25, -0.2) is 8.96 Å². The van der Waals surface area contributed by atoms with Gasteiger partial charge in [-0.3, -0.25) is 18.9 Å². The quantitative estimate of drug-likeness (QED) is 0.0167. The highest BCUT2D eigenvalue weighted by Gasteiger charge is 2.43. The van der Waals surface area contributed by atoms with Gasteiger partial charge in [0.05, 0.1) is 18.9 Å². The molecule has 13 nitrogen and oxygen atoms in total. The van der Waals surface area contributed by atoms with E-state index in [0.717, 1.165) is 70.6 Å². The molecule has 6 atom stereocenters. The fraction of sp³-hybridized carbons (Fsp3) is 0.917. The van der Waals surface area contributed by atoms with Crippen LogP contribution in [0.3, 0.4) is 0 Å². The van der Waals surface area contributed by atoms with Crippen LogP contribution in [0.2, 0.25) is 0 Å². The van der Waals surface area contributed by atoms with Gasteiger partial charge < -0.3 is 39.6 Å². The average Bonchev–Trinajstić information content (AvgIpc) is 3.24. The van der Waals surface area contributed by atoms with E-state index in [-0.39, 0.29) is 12.7 Å². The number of carbonyl (C=O) groups is 4. The molecule has 0 rings (SSSR count). The van der Waals surface area contributed by atoms with Gasteiger partial charge in [0.2, 0.25) is 5.91 Å². The van der Waals surface area contributed by atoms with Crippen LogP contribution in [0.15, 0.2) is 0 Å². The molecule has 0 aromatic carbocycles. The summed E-state index contributed by atoms with van der Waals surface area (Å²) >= 11 is 0. The van der Waals surface area contributed by atoms with Crippen molar-refractivity contribution in [2.45, 2.75) is 276 Å². The summed E-state index contributed by atoms with van der Waals surface area (Å²) in [4.78, 5) is 71.4. The summed E-state index contributed by atoms with van der Waals surface area (Å²) in [6.07, 6.45) is 22.6. The number of aliphatic hydroxyl groups is 2. The van der Waals surface area contributed by atoms with E-state index in [4.69, 9.17) is 9.47 Å². The molecule has 0 unspecified atom stereocenters. The highest BCUT2D eigenvalue weighted by molar-refractivity contribution is 7.46. The van der Waals surface area contributed by atoms with Crippen molar-refractivity contribution < 1.29 is 62.1 Å². The third kappa shape index (κ3) is 36.9. The lowest BCUT2D eigenvalue weighted by atomic mass is 10.0. The molecular weight excluding hydrogens is 832 g/mol. The maximum Gasteiger partial charge on any atom is 0.470 e. The molecule has 0 aliphatic carbocycles. The first-order chi connectivity index (χ1) is 30.3. The molecular formula is C48H91FNO12P. The van der Waals surface area contributed by atoms with Gasteiger partial charge in [-0.2, -0.15) is 0 Å². The Balaban J connectivity index is 5.67. The number of unbranched alkanes of at least 4 members (excludes halogenated alkanes) is 26. The number of phosphoric acid groups is 1. The van der Waals surface area contributed by atoms with Gasteiger partial charge in [0.25, 0.3) is 0 Å². The number of phosphoric ester groups is 1. The number of aldehydes is 1. The van der Waals surface area contributed by atoms with E-state index >= 15 is 0 Å². The zero-order valence-electron chi connectivity index (χ0n) is 39.7. The molecule has 63 heavy (non-hydrogen) atoms. The van der Waals surface area contributed by atoms with Gasteiger partial charge >= 0.3 is 19.8 Å². The Kier molecular flexibility index (Phi) is 40.2. The van der Waals surface area contributed by atoms with Crippen molar-refractivity contribution in [2.24, 2.45) is 0 Å². The second-order valence-electron chi connectivity index (χ2n) is 17.7. The second kappa shape index (κ2) is 41.5. The fourth-order valence-corrected chi connectivity index (χ4v) is 8.41. The molecule has 1 amide bonds. The summed E-state index contributed by atoms with van der Waals surface area (Å²) in [5.41, 5.74) is 0. The van der Waals surface area contributed by atoms with Crippen molar-refractivity contribution >= 4 is 32.0 Å². The molecule has 0 heterocycles. The number of esters is 2. The predicted octanol–water partition coefficient (Wildman–Crippen LogP) is 11.0. The number of amides is 1. The van der Waals surface area contributed by atoms with Gasteiger partial charge in [0, 0.05) is 6.42 Å². The van der Waals surface area contributed by atoms with Crippen molar-refractivity contribution in [3.63, 3.8) is 0 Å². The largest absolute Gasteiger partial charge is 0.470 e. The minimum absolute atomic E-state index is 0.122. The van der Waals surface area contributed by atoms with E-state index in [1.54, 1.807) is 0 Å². The number of ether oxygens (including phenoxy) is 2. The Morgan fingerprint density at radius 3 is 1.40 bits per heavy atom. The maximum atomic E-state index is 13.9. The van der Waals surface area contributed by atoms with Crippen molar-refractivity contribution in [2.75, 3.05) is 6.67 Å². The molecule has 0 aliphatic rings. The van der Waals surface area contributed by atoms with E-state index in [1.807, 2.05) is 0 Å². The highest BCUT2D eigenvalue weighted by Crippen LogP contribution is 2.40. The van der Waals surface area contributed by atoms with Gasteiger partial charge in [-0.1, -0.05) is 194 Å². The topological polar surface area (TPSA) is 206 Å². The molecule has 0 aromatic heterocycles. The summed E-state index contributed by atoms with van der Waals surface area (Å²) in [6, 6.07) is -1.86. The summed E-state index contributed by atoms with van der Waals surface area (Å²) in [7, 11) is -5.48. The Hall–Kier alpha value is -1.96. The van der Waals surface area contributed by atoms with Gasteiger partial charge in [-0.05, 0) is 25.7 Å². The van der Waals surface area contributed by atoms with Gasteiger partial charge in [0.15, 0.2) is 6.10 Å². The van der Waals surface area contributed by atoms with Crippen molar-refractivity contribution in [1.82, 2.24) is 5.32 Å². The molecule has 0 aliphatic heterocycles. The number of alkyl halides is 1. The fourth-order valence-electron chi connectivity index (χ4n) is 7.83. The second-order valence-corrected chi connectivity index (χ2v) is 18.9. The normalized spacial score (nSPS) is 14.7. The molecule has 0 saturated heterocycles. The number of hydrogen-bond donors (Lipinski definition) is 5. The lowest BCUT2D eigenvalue weighted by molar-refractivity contribution is -0.168. The van der Waals surface area contributed by atoms with Crippen molar-refractivity contribution in [3.05, 3.63) is 0 Å². The molecule has 5 N–H and O–H groups in total. The lowest BCUT2D eigenvalue weighted by Crippen LogP contribution is -2.56. The van der Waals surface area contributed by atoms with E-state index in [2.05, 4.69) is 30.6 Å². The summed E-state index contributed by atoms with van der Waals surface area (Å²) < 4.78 is 41.8. The molecule has 0 radical (unpaired) electrons. The molecule has 15 heteroatoms. The van der Waals surface area contributed by atoms with E-state index in [0.29, 0.717) is 32.1 Å². The van der Waals surface area contributed by atoms with Crippen molar-refractivity contribution in [3.8, 4) is 0 Å². The Morgan fingerprint density at radius 1 is 0.571 bits per heavy atom.